The third kappa shape index (κ3) is 4.29. The molecule has 0 spiro atoms. The fourth-order valence-corrected chi connectivity index (χ4v) is 4.85. The summed E-state index contributed by atoms with van der Waals surface area (Å²) in [5.74, 6) is -0.115. The smallest absolute Gasteiger partial charge is 0.343 e. The Morgan fingerprint density at radius 1 is 0.806 bits per heavy atom. The molecule has 4 rings (SSSR count). The molecule has 0 bridgehead atoms. The maximum Gasteiger partial charge on any atom is 0.343 e. The topological polar surface area (TPSA) is 63.7 Å². The Morgan fingerprint density at radius 2 is 1.45 bits per heavy atom. The maximum atomic E-state index is 13.1. The number of carbonyl (C=O) groups excluding carboxylic acids is 1. The Balaban J connectivity index is 1.54. The van der Waals surface area contributed by atoms with Crippen molar-refractivity contribution in [3.05, 3.63) is 103 Å². The van der Waals surface area contributed by atoms with E-state index in [9.17, 15) is 13.2 Å². The van der Waals surface area contributed by atoms with Gasteiger partial charge in [-0.05, 0) is 66.2 Å². The second-order valence-corrected chi connectivity index (χ2v) is 8.79. The van der Waals surface area contributed by atoms with Gasteiger partial charge >= 0.3 is 5.97 Å². The molecule has 0 fully saturated rings. The second kappa shape index (κ2) is 8.62. The number of anilines is 1. The highest BCUT2D eigenvalue weighted by molar-refractivity contribution is 7.92. The van der Waals surface area contributed by atoms with E-state index in [-0.39, 0.29) is 17.0 Å². The van der Waals surface area contributed by atoms with Gasteiger partial charge in [-0.1, -0.05) is 48.5 Å². The molecule has 0 radical (unpaired) electrons. The van der Waals surface area contributed by atoms with E-state index in [1.807, 2.05) is 36.4 Å². The van der Waals surface area contributed by atoms with Crippen molar-refractivity contribution < 1.29 is 17.9 Å². The Labute approximate surface area is 181 Å². The summed E-state index contributed by atoms with van der Waals surface area (Å²) in [6, 6.07) is 27.9. The molecule has 0 unspecified atom stereocenters. The zero-order chi connectivity index (χ0) is 21.8. The Hall–Kier alpha value is -3.64. The number of carbonyl (C=O) groups is 1. The van der Waals surface area contributed by atoms with Gasteiger partial charge in [-0.2, -0.15) is 0 Å². The predicted molar refractivity (Wildman–Crippen MR) is 122 cm³/mol. The molecule has 4 aromatic carbocycles. The maximum absolute atomic E-state index is 13.1. The first kappa shape index (κ1) is 20.6. The number of benzene rings is 4. The number of fused-ring (bicyclic) bond motifs is 1. The summed E-state index contributed by atoms with van der Waals surface area (Å²) < 4.78 is 32.9. The number of ether oxygens (including phenoxy) is 1. The molecule has 4 aromatic rings. The Bertz CT molecular complexity index is 1320. The summed E-state index contributed by atoms with van der Waals surface area (Å²) in [6.07, 6.45) is 0. The van der Waals surface area contributed by atoms with Gasteiger partial charge in [0.15, 0.2) is 0 Å². The van der Waals surface area contributed by atoms with Crippen molar-refractivity contribution in [3.63, 3.8) is 0 Å². The fourth-order valence-electron chi connectivity index (χ4n) is 3.37. The van der Waals surface area contributed by atoms with Crippen LogP contribution in [-0.2, 0) is 10.0 Å². The number of esters is 1. The predicted octanol–water partition coefficient (Wildman–Crippen LogP) is 5.27. The molecule has 6 heteroatoms. The van der Waals surface area contributed by atoms with Gasteiger partial charge in [0.2, 0.25) is 0 Å². The van der Waals surface area contributed by atoms with Crippen LogP contribution in [0.1, 0.15) is 17.3 Å². The third-order valence-electron chi connectivity index (χ3n) is 4.94. The SMILES string of the molecule is CCN(c1ccccc1)S(=O)(=O)c1ccc(C(=O)Oc2ccc3ccccc3c2)cc1. The van der Waals surface area contributed by atoms with Gasteiger partial charge in [-0.15, -0.1) is 0 Å². The molecule has 0 amide bonds. The lowest BCUT2D eigenvalue weighted by Gasteiger charge is -2.22. The van der Waals surface area contributed by atoms with Crippen LogP contribution in [0, 0.1) is 0 Å². The van der Waals surface area contributed by atoms with Crippen molar-refractivity contribution in [1.82, 2.24) is 0 Å². The van der Waals surface area contributed by atoms with Gasteiger partial charge in [0.1, 0.15) is 5.75 Å². The van der Waals surface area contributed by atoms with Crippen molar-refractivity contribution in [1.29, 1.82) is 0 Å². The molecule has 31 heavy (non-hydrogen) atoms. The highest BCUT2D eigenvalue weighted by Gasteiger charge is 2.24. The average Bonchev–Trinajstić information content (AvgIpc) is 2.80. The van der Waals surface area contributed by atoms with Crippen LogP contribution in [0.4, 0.5) is 5.69 Å². The van der Waals surface area contributed by atoms with Crippen molar-refractivity contribution in [2.24, 2.45) is 0 Å². The van der Waals surface area contributed by atoms with Crippen LogP contribution in [0.15, 0.2) is 102 Å². The first-order valence-electron chi connectivity index (χ1n) is 9.88. The lowest BCUT2D eigenvalue weighted by atomic mass is 10.1. The molecule has 0 saturated heterocycles. The van der Waals surface area contributed by atoms with Crippen LogP contribution < -0.4 is 9.04 Å². The minimum atomic E-state index is -3.75. The van der Waals surface area contributed by atoms with Gasteiger partial charge in [-0.25, -0.2) is 13.2 Å². The van der Waals surface area contributed by atoms with E-state index >= 15 is 0 Å². The van der Waals surface area contributed by atoms with Crippen LogP contribution in [0.2, 0.25) is 0 Å². The molecule has 156 valence electrons. The molecule has 0 N–H and O–H groups in total. The molecule has 0 saturated carbocycles. The van der Waals surface area contributed by atoms with Gasteiger partial charge < -0.3 is 4.74 Å². The molecule has 0 atom stereocenters. The quantitative estimate of drug-likeness (QED) is 0.308. The fraction of sp³-hybridized carbons (Fsp3) is 0.0800. The average molecular weight is 432 g/mol. The first-order chi connectivity index (χ1) is 15.0. The summed E-state index contributed by atoms with van der Waals surface area (Å²) in [6.45, 7) is 2.07. The molecule has 0 aliphatic carbocycles. The third-order valence-corrected chi connectivity index (χ3v) is 6.86. The zero-order valence-corrected chi connectivity index (χ0v) is 17.7. The summed E-state index contributed by atoms with van der Waals surface area (Å²) in [5.41, 5.74) is 0.861. The number of para-hydroxylation sites is 1. The van der Waals surface area contributed by atoms with Crippen LogP contribution >= 0.6 is 0 Å². The lowest BCUT2D eigenvalue weighted by molar-refractivity contribution is 0.0735. The van der Waals surface area contributed by atoms with Crippen LogP contribution in [0.25, 0.3) is 10.8 Å². The number of rotatable bonds is 6. The molecular weight excluding hydrogens is 410 g/mol. The van der Waals surface area contributed by atoms with E-state index in [0.717, 1.165) is 10.8 Å². The lowest BCUT2D eigenvalue weighted by Crippen LogP contribution is -2.30. The molecule has 0 aliphatic rings. The number of hydrogen-bond donors (Lipinski definition) is 0. The van der Waals surface area contributed by atoms with E-state index in [0.29, 0.717) is 11.4 Å². The monoisotopic (exact) mass is 431 g/mol. The van der Waals surface area contributed by atoms with Crippen molar-refractivity contribution in [2.45, 2.75) is 11.8 Å². The highest BCUT2D eigenvalue weighted by Crippen LogP contribution is 2.24. The van der Waals surface area contributed by atoms with E-state index < -0.39 is 16.0 Å². The van der Waals surface area contributed by atoms with Crippen molar-refractivity contribution >= 4 is 32.5 Å². The van der Waals surface area contributed by atoms with Crippen LogP contribution in [0.3, 0.4) is 0 Å². The molecule has 5 nitrogen and oxygen atoms in total. The van der Waals surface area contributed by atoms with Crippen LogP contribution in [0.5, 0.6) is 5.75 Å². The molecule has 0 aliphatic heterocycles. The van der Waals surface area contributed by atoms with Crippen molar-refractivity contribution in [2.75, 3.05) is 10.8 Å². The normalized spacial score (nSPS) is 11.3. The van der Waals surface area contributed by atoms with Crippen molar-refractivity contribution in [3.8, 4) is 5.75 Å². The minimum absolute atomic E-state index is 0.112. The number of hydrogen-bond acceptors (Lipinski definition) is 4. The highest BCUT2D eigenvalue weighted by atomic mass is 32.2. The minimum Gasteiger partial charge on any atom is -0.423 e. The standard InChI is InChI=1S/C25H21NO4S/c1-2-26(22-10-4-3-5-11-22)31(28,29)24-16-13-20(14-17-24)25(27)30-23-15-12-19-8-6-7-9-21(19)18-23/h3-18H,2H2,1H3. The van der Waals surface area contributed by atoms with Gasteiger partial charge in [-0.3, -0.25) is 4.31 Å². The van der Waals surface area contributed by atoms with E-state index in [4.69, 9.17) is 4.74 Å². The molecule has 0 aromatic heterocycles. The largest absolute Gasteiger partial charge is 0.423 e. The molecular formula is C25H21NO4S. The summed E-state index contributed by atoms with van der Waals surface area (Å²) in [4.78, 5) is 12.7. The summed E-state index contributed by atoms with van der Waals surface area (Å²) >= 11 is 0. The summed E-state index contributed by atoms with van der Waals surface area (Å²) in [5, 5.41) is 2.02. The van der Waals surface area contributed by atoms with E-state index in [1.165, 1.54) is 28.6 Å². The zero-order valence-electron chi connectivity index (χ0n) is 16.9. The molecule has 0 heterocycles. The first-order valence-corrected chi connectivity index (χ1v) is 11.3. The van der Waals surface area contributed by atoms with Gasteiger partial charge in [0.05, 0.1) is 16.1 Å². The van der Waals surface area contributed by atoms with Gasteiger partial charge in [0.25, 0.3) is 10.0 Å². The van der Waals surface area contributed by atoms with E-state index in [1.54, 1.807) is 43.3 Å². The summed E-state index contributed by atoms with van der Waals surface area (Å²) in [7, 11) is -3.75. The number of sulfonamides is 1. The Kier molecular flexibility index (Phi) is 5.73. The van der Waals surface area contributed by atoms with E-state index in [2.05, 4.69) is 0 Å². The van der Waals surface area contributed by atoms with Crippen LogP contribution in [-0.4, -0.2) is 20.9 Å². The Morgan fingerprint density at radius 3 is 2.13 bits per heavy atom. The second-order valence-electron chi connectivity index (χ2n) is 6.93. The number of nitrogens with zero attached hydrogens (tertiary/aromatic N) is 1. The van der Waals surface area contributed by atoms with Gasteiger partial charge in [0, 0.05) is 6.54 Å².